The molecule has 0 radical (unpaired) electrons. The van der Waals surface area contributed by atoms with E-state index in [0.29, 0.717) is 11.2 Å². The third-order valence-corrected chi connectivity index (χ3v) is 2.72. The number of rotatable bonds is 2. The quantitative estimate of drug-likeness (QED) is 0.597. The Kier molecular flexibility index (Phi) is 2.85. The molecule has 0 fully saturated rings. The first-order valence-corrected chi connectivity index (χ1v) is 5.18. The van der Waals surface area contributed by atoms with Gasteiger partial charge in [-0.3, -0.25) is 0 Å². The molecule has 2 heterocycles. The fraction of sp³-hybridized carbons (Fsp3) is 0.364. The van der Waals surface area contributed by atoms with E-state index in [-0.39, 0.29) is 0 Å². The molecule has 74 valence electrons. The SMILES string of the molecule is C=CCC1NCCc2nc(Cl)ccc21. The molecule has 0 saturated carbocycles. The van der Waals surface area contributed by atoms with E-state index >= 15 is 0 Å². The molecular weight excluding hydrogens is 196 g/mol. The lowest BCUT2D eigenvalue weighted by Crippen LogP contribution is -2.30. The number of hydrogen-bond donors (Lipinski definition) is 1. The lowest BCUT2D eigenvalue weighted by molar-refractivity contribution is 0.503. The van der Waals surface area contributed by atoms with E-state index in [9.17, 15) is 0 Å². The fourth-order valence-corrected chi connectivity index (χ4v) is 2.02. The monoisotopic (exact) mass is 208 g/mol. The fourth-order valence-electron chi connectivity index (χ4n) is 1.85. The van der Waals surface area contributed by atoms with Crippen molar-refractivity contribution in [2.24, 2.45) is 0 Å². The third-order valence-electron chi connectivity index (χ3n) is 2.51. The van der Waals surface area contributed by atoms with Crippen molar-refractivity contribution in [2.75, 3.05) is 6.54 Å². The second-order valence-corrected chi connectivity index (χ2v) is 3.84. The Morgan fingerprint density at radius 1 is 1.64 bits per heavy atom. The number of nitrogens with zero attached hydrogens (tertiary/aromatic N) is 1. The average Bonchev–Trinajstić information content (AvgIpc) is 2.18. The number of hydrogen-bond acceptors (Lipinski definition) is 2. The summed E-state index contributed by atoms with van der Waals surface area (Å²) in [6.07, 6.45) is 3.83. The summed E-state index contributed by atoms with van der Waals surface area (Å²) >= 11 is 5.85. The topological polar surface area (TPSA) is 24.9 Å². The summed E-state index contributed by atoms with van der Waals surface area (Å²) in [5, 5.41) is 4.03. The number of aromatic nitrogens is 1. The molecule has 0 saturated heterocycles. The van der Waals surface area contributed by atoms with Gasteiger partial charge >= 0.3 is 0 Å². The van der Waals surface area contributed by atoms with Crippen molar-refractivity contribution >= 4 is 11.6 Å². The van der Waals surface area contributed by atoms with Crippen molar-refractivity contribution in [1.29, 1.82) is 0 Å². The van der Waals surface area contributed by atoms with Gasteiger partial charge in [0.05, 0.1) is 0 Å². The van der Waals surface area contributed by atoms with Crippen molar-refractivity contribution in [2.45, 2.75) is 18.9 Å². The highest BCUT2D eigenvalue weighted by Gasteiger charge is 2.19. The van der Waals surface area contributed by atoms with Gasteiger partial charge in [-0.15, -0.1) is 6.58 Å². The summed E-state index contributed by atoms with van der Waals surface area (Å²) < 4.78 is 0. The second-order valence-electron chi connectivity index (χ2n) is 3.45. The van der Waals surface area contributed by atoms with Gasteiger partial charge in [0.1, 0.15) is 5.15 Å². The van der Waals surface area contributed by atoms with Gasteiger partial charge in [0.25, 0.3) is 0 Å². The molecule has 0 bridgehead atoms. The number of fused-ring (bicyclic) bond motifs is 1. The van der Waals surface area contributed by atoms with Gasteiger partial charge in [-0.2, -0.15) is 0 Å². The van der Waals surface area contributed by atoms with Gasteiger partial charge in [0.15, 0.2) is 0 Å². The van der Waals surface area contributed by atoms with E-state index in [4.69, 9.17) is 11.6 Å². The minimum atomic E-state index is 0.362. The van der Waals surface area contributed by atoms with Crippen LogP contribution >= 0.6 is 11.6 Å². The molecule has 1 aliphatic rings. The molecule has 2 rings (SSSR count). The predicted octanol–water partition coefficient (Wildman–Crippen LogP) is 2.50. The van der Waals surface area contributed by atoms with E-state index < -0.39 is 0 Å². The molecule has 14 heavy (non-hydrogen) atoms. The maximum Gasteiger partial charge on any atom is 0.129 e. The summed E-state index contributed by atoms with van der Waals surface area (Å²) in [4.78, 5) is 4.34. The predicted molar refractivity (Wildman–Crippen MR) is 58.5 cm³/mol. The third kappa shape index (κ3) is 1.81. The van der Waals surface area contributed by atoms with Crippen LogP contribution < -0.4 is 5.32 Å². The van der Waals surface area contributed by atoms with Crippen molar-refractivity contribution in [3.05, 3.63) is 41.2 Å². The van der Waals surface area contributed by atoms with Crippen LogP contribution in [0.25, 0.3) is 0 Å². The van der Waals surface area contributed by atoms with Crippen molar-refractivity contribution in [3.8, 4) is 0 Å². The van der Waals surface area contributed by atoms with E-state index in [2.05, 4.69) is 22.9 Å². The van der Waals surface area contributed by atoms with Gasteiger partial charge in [-0.05, 0) is 18.1 Å². The largest absolute Gasteiger partial charge is 0.309 e. The molecule has 1 N–H and O–H groups in total. The van der Waals surface area contributed by atoms with E-state index in [1.807, 2.05) is 12.1 Å². The van der Waals surface area contributed by atoms with Crippen LogP contribution in [0.5, 0.6) is 0 Å². The lowest BCUT2D eigenvalue weighted by atomic mass is 9.97. The lowest BCUT2D eigenvalue weighted by Gasteiger charge is -2.25. The number of nitrogens with one attached hydrogen (secondary N) is 1. The molecule has 1 unspecified atom stereocenters. The van der Waals surface area contributed by atoms with Crippen LogP contribution in [0.3, 0.4) is 0 Å². The zero-order chi connectivity index (χ0) is 9.97. The molecule has 0 aliphatic carbocycles. The standard InChI is InChI=1S/C11H13ClN2/c1-2-3-9-8-4-5-11(12)14-10(8)6-7-13-9/h2,4-5,9,13H,1,3,6-7H2. The molecule has 1 aromatic heterocycles. The first-order valence-electron chi connectivity index (χ1n) is 4.81. The van der Waals surface area contributed by atoms with Crippen molar-refractivity contribution in [1.82, 2.24) is 10.3 Å². The maximum absolute atomic E-state index is 5.85. The summed E-state index contributed by atoms with van der Waals surface area (Å²) in [6, 6.07) is 4.27. The first-order chi connectivity index (χ1) is 6.81. The molecule has 2 nitrogen and oxygen atoms in total. The van der Waals surface area contributed by atoms with Crippen molar-refractivity contribution < 1.29 is 0 Å². The summed E-state index contributed by atoms with van der Waals surface area (Å²) in [5.41, 5.74) is 2.39. The molecule has 1 aliphatic heterocycles. The maximum atomic E-state index is 5.85. The Balaban J connectivity index is 2.34. The first kappa shape index (κ1) is 9.69. The zero-order valence-corrected chi connectivity index (χ0v) is 8.72. The highest BCUT2D eigenvalue weighted by atomic mass is 35.5. The Labute approximate surface area is 89.0 Å². The van der Waals surface area contributed by atoms with Gasteiger partial charge in [-0.25, -0.2) is 4.98 Å². The highest BCUT2D eigenvalue weighted by molar-refractivity contribution is 6.29. The van der Waals surface area contributed by atoms with Crippen LogP contribution in [0.1, 0.15) is 23.7 Å². The Morgan fingerprint density at radius 3 is 3.29 bits per heavy atom. The van der Waals surface area contributed by atoms with Crippen LogP contribution in [0.2, 0.25) is 5.15 Å². The average molecular weight is 209 g/mol. The zero-order valence-electron chi connectivity index (χ0n) is 7.96. The smallest absolute Gasteiger partial charge is 0.129 e. The number of pyridine rings is 1. The molecule has 0 amide bonds. The Hall–Kier alpha value is -0.860. The van der Waals surface area contributed by atoms with Gasteiger partial charge < -0.3 is 5.32 Å². The highest BCUT2D eigenvalue weighted by Crippen LogP contribution is 2.25. The number of halogens is 1. The van der Waals surface area contributed by atoms with Crippen LogP contribution in [0.15, 0.2) is 24.8 Å². The summed E-state index contributed by atoms with van der Waals surface area (Å²) in [7, 11) is 0. The van der Waals surface area contributed by atoms with E-state index in [1.165, 1.54) is 5.56 Å². The summed E-state index contributed by atoms with van der Waals surface area (Å²) in [6.45, 7) is 4.73. The minimum absolute atomic E-state index is 0.362. The molecule has 0 spiro atoms. The van der Waals surface area contributed by atoms with Gasteiger partial charge in [0, 0.05) is 24.7 Å². The molecule has 1 aromatic rings. The molecule has 3 heteroatoms. The Morgan fingerprint density at radius 2 is 2.50 bits per heavy atom. The van der Waals surface area contributed by atoms with Crippen LogP contribution in [0.4, 0.5) is 0 Å². The van der Waals surface area contributed by atoms with Crippen LogP contribution in [-0.2, 0) is 6.42 Å². The van der Waals surface area contributed by atoms with E-state index in [1.54, 1.807) is 0 Å². The molecule has 1 atom stereocenters. The van der Waals surface area contributed by atoms with Crippen LogP contribution in [-0.4, -0.2) is 11.5 Å². The van der Waals surface area contributed by atoms with E-state index in [0.717, 1.165) is 25.1 Å². The normalized spacial score (nSPS) is 20.2. The Bertz CT molecular complexity index is 349. The summed E-state index contributed by atoms with van der Waals surface area (Å²) in [5.74, 6) is 0. The van der Waals surface area contributed by atoms with Crippen molar-refractivity contribution in [3.63, 3.8) is 0 Å². The van der Waals surface area contributed by atoms with Gasteiger partial charge in [-0.1, -0.05) is 23.7 Å². The van der Waals surface area contributed by atoms with Crippen LogP contribution in [0, 0.1) is 0 Å². The van der Waals surface area contributed by atoms with Gasteiger partial charge in [0.2, 0.25) is 0 Å². The molecule has 0 aromatic carbocycles. The minimum Gasteiger partial charge on any atom is -0.309 e. The molecular formula is C11H13ClN2. The second kappa shape index (κ2) is 4.11.